The zero-order valence-corrected chi connectivity index (χ0v) is 15.0. The number of aromatic nitrogens is 2. The Bertz CT molecular complexity index is 1040. The molecule has 0 unspecified atom stereocenters. The highest BCUT2D eigenvalue weighted by Crippen LogP contribution is 2.37. The average molecular weight is 363 g/mol. The molecule has 2 aromatic heterocycles. The summed E-state index contributed by atoms with van der Waals surface area (Å²) in [7, 11) is 1.67. The third-order valence-corrected chi connectivity index (χ3v) is 5.29. The Morgan fingerprint density at radius 1 is 1.22 bits per heavy atom. The number of nitrogens with one attached hydrogen (secondary N) is 1. The second kappa shape index (κ2) is 6.96. The highest BCUT2D eigenvalue weighted by Gasteiger charge is 2.36. The molecule has 1 aliphatic rings. The van der Waals surface area contributed by atoms with Crippen molar-refractivity contribution in [1.29, 1.82) is 0 Å². The van der Waals surface area contributed by atoms with Gasteiger partial charge in [0.2, 0.25) is 0 Å². The fourth-order valence-electron chi connectivity index (χ4n) is 3.70. The molecule has 1 aliphatic carbocycles. The second-order valence-corrected chi connectivity index (χ2v) is 7.07. The van der Waals surface area contributed by atoms with Gasteiger partial charge in [0.15, 0.2) is 0 Å². The number of rotatable bonds is 4. The lowest BCUT2D eigenvalue weighted by Gasteiger charge is -2.37. The highest BCUT2D eigenvalue weighted by molar-refractivity contribution is 5.97. The van der Waals surface area contributed by atoms with Gasteiger partial charge in [0.25, 0.3) is 11.5 Å². The zero-order valence-electron chi connectivity index (χ0n) is 15.0. The minimum Gasteiger partial charge on any atom is -0.393 e. The van der Waals surface area contributed by atoms with Gasteiger partial charge in [-0.05, 0) is 48.4 Å². The maximum absolute atomic E-state index is 13.0. The quantitative estimate of drug-likeness (QED) is 0.744. The van der Waals surface area contributed by atoms with Crippen LogP contribution in [-0.4, -0.2) is 26.7 Å². The highest BCUT2D eigenvalue weighted by atomic mass is 16.3. The number of carbonyl (C=O) groups excluding carboxylic acids is 1. The number of hydrogen-bond donors (Lipinski definition) is 2. The standard InChI is InChI=1S/C21H21N3O3/c1-24-18-8-3-2-6-13(18)12-16(21(24)27)20(26)23-19(14-10-15(25)11-14)17-7-4-5-9-22-17/h2-9,12,14-15,19,25H,10-11H2,1H3,(H,23,26)/t14?,15?,19-/m0/s1. The molecular formula is C21H21N3O3. The third kappa shape index (κ3) is 3.24. The average Bonchev–Trinajstić information content (AvgIpc) is 2.67. The van der Waals surface area contributed by atoms with Gasteiger partial charge in [-0.2, -0.15) is 0 Å². The molecule has 2 heterocycles. The Morgan fingerprint density at radius 3 is 2.67 bits per heavy atom. The van der Waals surface area contributed by atoms with Crippen LogP contribution in [0.15, 0.2) is 59.5 Å². The minimum absolute atomic E-state index is 0.100. The van der Waals surface area contributed by atoms with Crippen molar-refractivity contribution in [3.05, 3.63) is 76.3 Å². The summed E-state index contributed by atoms with van der Waals surface area (Å²) in [4.78, 5) is 30.0. The van der Waals surface area contributed by atoms with Crippen LogP contribution in [0.25, 0.3) is 10.9 Å². The molecule has 6 nitrogen and oxygen atoms in total. The van der Waals surface area contributed by atoms with E-state index >= 15 is 0 Å². The maximum Gasteiger partial charge on any atom is 0.263 e. The lowest BCUT2D eigenvalue weighted by Crippen LogP contribution is -2.43. The monoisotopic (exact) mass is 363 g/mol. The fraction of sp³-hybridized carbons (Fsp3) is 0.286. The van der Waals surface area contributed by atoms with Crippen LogP contribution >= 0.6 is 0 Å². The van der Waals surface area contributed by atoms with Gasteiger partial charge in [-0.3, -0.25) is 14.6 Å². The number of benzene rings is 1. The number of fused-ring (bicyclic) bond motifs is 1. The van der Waals surface area contributed by atoms with Crippen LogP contribution in [0, 0.1) is 5.92 Å². The zero-order chi connectivity index (χ0) is 19.0. The molecule has 2 N–H and O–H groups in total. The molecule has 0 aliphatic heterocycles. The Labute approximate surface area is 156 Å². The number of amides is 1. The summed E-state index contributed by atoms with van der Waals surface area (Å²) in [5, 5.41) is 13.5. The van der Waals surface area contributed by atoms with Crippen LogP contribution in [0.3, 0.4) is 0 Å². The van der Waals surface area contributed by atoms with E-state index in [9.17, 15) is 14.7 Å². The van der Waals surface area contributed by atoms with Crippen LogP contribution in [0.4, 0.5) is 0 Å². The summed E-state index contributed by atoms with van der Waals surface area (Å²) in [5.74, 6) is -0.318. The molecule has 27 heavy (non-hydrogen) atoms. The van der Waals surface area contributed by atoms with Crippen LogP contribution in [0.5, 0.6) is 0 Å². The first-order valence-corrected chi connectivity index (χ1v) is 9.03. The molecule has 1 aromatic carbocycles. The van der Waals surface area contributed by atoms with Gasteiger partial charge < -0.3 is 15.0 Å². The second-order valence-electron chi connectivity index (χ2n) is 7.07. The molecular weight excluding hydrogens is 342 g/mol. The van der Waals surface area contributed by atoms with E-state index in [4.69, 9.17) is 0 Å². The van der Waals surface area contributed by atoms with Crippen molar-refractivity contribution in [1.82, 2.24) is 14.9 Å². The molecule has 3 aromatic rings. The SMILES string of the molecule is Cn1c(=O)c(C(=O)N[C@H](c2ccccn2)C2CC(O)C2)cc2ccccc21. The normalized spacial score (nSPS) is 20.1. The van der Waals surface area contributed by atoms with Gasteiger partial charge in [0.05, 0.1) is 23.4 Å². The van der Waals surface area contributed by atoms with Gasteiger partial charge >= 0.3 is 0 Å². The Morgan fingerprint density at radius 2 is 1.96 bits per heavy atom. The predicted octanol–water partition coefficient (Wildman–Crippen LogP) is 2.18. The van der Waals surface area contributed by atoms with E-state index in [2.05, 4.69) is 10.3 Å². The maximum atomic E-state index is 13.0. The molecule has 1 saturated carbocycles. The number of aliphatic hydroxyl groups excluding tert-OH is 1. The first-order valence-electron chi connectivity index (χ1n) is 9.03. The minimum atomic E-state index is -0.418. The van der Waals surface area contributed by atoms with Gasteiger partial charge in [-0.15, -0.1) is 0 Å². The van der Waals surface area contributed by atoms with Crippen molar-refractivity contribution in [2.75, 3.05) is 0 Å². The van der Waals surface area contributed by atoms with Crippen molar-refractivity contribution >= 4 is 16.8 Å². The third-order valence-electron chi connectivity index (χ3n) is 5.29. The Kier molecular flexibility index (Phi) is 4.49. The van der Waals surface area contributed by atoms with Gasteiger partial charge in [-0.25, -0.2) is 0 Å². The molecule has 0 spiro atoms. The van der Waals surface area contributed by atoms with E-state index in [0.29, 0.717) is 12.8 Å². The fourth-order valence-corrected chi connectivity index (χ4v) is 3.70. The lowest BCUT2D eigenvalue weighted by atomic mass is 9.76. The van der Waals surface area contributed by atoms with E-state index < -0.39 is 5.91 Å². The predicted molar refractivity (Wildman–Crippen MR) is 102 cm³/mol. The summed E-state index contributed by atoms with van der Waals surface area (Å²) in [5.41, 5.74) is 1.29. The lowest BCUT2D eigenvalue weighted by molar-refractivity contribution is 0.0228. The van der Waals surface area contributed by atoms with Gasteiger partial charge in [0, 0.05) is 13.2 Å². The molecule has 1 atom stereocenters. The molecule has 1 amide bonds. The van der Waals surface area contributed by atoms with Crippen LogP contribution in [0.2, 0.25) is 0 Å². The molecule has 0 bridgehead atoms. The van der Waals surface area contributed by atoms with E-state index in [1.807, 2.05) is 42.5 Å². The molecule has 1 fully saturated rings. The molecule has 6 heteroatoms. The summed E-state index contributed by atoms with van der Waals surface area (Å²) < 4.78 is 1.49. The van der Waals surface area contributed by atoms with E-state index in [-0.39, 0.29) is 29.2 Å². The number of aryl methyl sites for hydroxylation is 1. The van der Waals surface area contributed by atoms with E-state index in [0.717, 1.165) is 16.6 Å². The van der Waals surface area contributed by atoms with Gasteiger partial charge in [-0.1, -0.05) is 24.3 Å². The number of aliphatic hydroxyl groups is 1. The molecule has 0 saturated heterocycles. The number of para-hydroxylation sites is 1. The number of nitrogens with zero attached hydrogens (tertiary/aromatic N) is 2. The first kappa shape index (κ1) is 17.4. The number of hydrogen-bond acceptors (Lipinski definition) is 4. The Balaban J connectivity index is 1.68. The van der Waals surface area contributed by atoms with Gasteiger partial charge in [0.1, 0.15) is 5.56 Å². The van der Waals surface area contributed by atoms with Crippen molar-refractivity contribution in [3.8, 4) is 0 Å². The summed E-state index contributed by atoms with van der Waals surface area (Å²) in [6.45, 7) is 0. The number of pyridine rings is 2. The van der Waals surface area contributed by atoms with E-state index in [1.165, 1.54) is 4.57 Å². The Hall–Kier alpha value is -2.99. The first-order chi connectivity index (χ1) is 13.0. The van der Waals surface area contributed by atoms with Crippen molar-refractivity contribution < 1.29 is 9.90 Å². The van der Waals surface area contributed by atoms with Crippen molar-refractivity contribution in [2.45, 2.75) is 25.0 Å². The summed E-state index contributed by atoms with van der Waals surface area (Å²) in [6, 6.07) is 14.3. The topological polar surface area (TPSA) is 84.2 Å². The largest absolute Gasteiger partial charge is 0.393 e. The van der Waals surface area contributed by atoms with Crippen LogP contribution in [0.1, 0.15) is 34.9 Å². The number of carbonyl (C=O) groups is 1. The van der Waals surface area contributed by atoms with Crippen LogP contribution < -0.4 is 10.9 Å². The molecule has 0 radical (unpaired) electrons. The molecule has 4 rings (SSSR count). The van der Waals surface area contributed by atoms with Crippen LogP contribution in [-0.2, 0) is 7.05 Å². The van der Waals surface area contributed by atoms with Crippen molar-refractivity contribution in [2.24, 2.45) is 13.0 Å². The molecule has 138 valence electrons. The van der Waals surface area contributed by atoms with Crippen molar-refractivity contribution in [3.63, 3.8) is 0 Å². The summed E-state index contributed by atoms with van der Waals surface area (Å²) in [6.07, 6.45) is 2.55. The van der Waals surface area contributed by atoms with E-state index in [1.54, 1.807) is 19.3 Å². The smallest absolute Gasteiger partial charge is 0.263 e. The summed E-state index contributed by atoms with van der Waals surface area (Å²) >= 11 is 0.